The summed E-state index contributed by atoms with van der Waals surface area (Å²) in [4.78, 5) is 29.8. The molecule has 34 heavy (non-hydrogen) atoms. The van der Waals surface area contributed by atoms with Crippen molar-refractivity contribution >= 4 is 23.4 Å². The first-order valence-electron chi connectivity index (χ1n) is 12.2. The fourth-order valence-corrected chi connectivity index (χ4v) is 4.86. The predicted molar refractivity (Wildman–Crippen MR) is 127 cm³/mol. The quantitative estimate of drug-likeness (QED) is 0.553. The van der Waals surface area contributed by atoms with E-state index in [2.05, 4.69) is 0 Å². The Kier molecular flexibility index (Phi) is 8.69. The van der Waals surface area contributed by atoms with Crippen molar-refractivity contribution in [3.63, 3.8) is 0 Å². The summed E-state index contributed by atoms with van der Waals surface area (Å²) >= 11 is 6.15. The van der Waals surface area contributed by atoms with Crippen molar-refractivity contribution < 1.29 is 28.5 Å². The van der Waals surface area contributed by atoms with Crippen LogP contribution < -0.4 is 4.74 Å². The maximum atomic E-state index is 13.2. The summed E-state index contributed by atoms with van der Waals surface area (Å²) in [5.74, 6) is 0.725. The van der Waals surface area contributed by atoms with Gasteiger partial charge in [0.25, 0.3) is 0 Å². The standard InChI is InChI=1S/C25H35ClN2O6/c1-19-15-21(4-6-22(19)26)33-18-25(16-24(30)27-8-12-31-13-9-27)17-28(10-14-34-25)23(29)7-5-20-3-2-11-32-20/h4,6,15,20H,2-3,5,7-14,16-18H2,1H3. The number of carbonyl (C=O) groups excluding carboxylic acids is 2. The Morgan fingerprint density at radius 3 is 2.65 bits per heavy atom. The van der Waals surface area contributed by atoms with Gasteiger partial charge in [-0.15, -0.1) is 0 Å². The molecule has 2 atom stereocenters. The average Bonchev–Trinajstić information content (AvgIpc) is 3.38. The molecule has 3 aliphatic heterocycles. The topological polar surface area (TPSA) is 77.5 Å². The zero-order valence-corrected chi connectivity index (χ0v) is 20.7. The maximum Gasteiger partial charge on any atom is 0.225 e. The number of ether oxygens (including phenoxy) is 4. The molecule has 0 aliphatic carbocycles. The summed E-state index contributed by atoms with van der Waals surface area (Å²) < 4.78 is 23.4. The second kappa shape index (κ2) is 11.7. The highest BCUT2D eigenvalue weighted by Gasteiger charge is 2.42. The molecule has 3 saturated heterocycles. The third kappa shape index (κ3) is 6.62. The smallest absolute Gasteiger partial charge is 0.225 e. The minimum Gasteiger partial charge on any atom is -0.490 e. The minimum absolute atomic E-state index is 0.00663. The van der Waals surface area contributed by atoms with Gasteiger partial charge in [0.05, 0.1) is 38.9 Å². The van der Waals surface area contributed by atoms with E-state index >= 15 is 0 Å². The highest BCUT2D eigenvalue weighted by atomic mass is 35.5. The summed E-state index contributed by atoms with van der Waals surface area (Å²) in [6.45, 7) is 6.26. The van der Waals surface area contributed by atoms with Crippen LogP contribution in [0.25, 0.3) is 0 Å². The van der Waals surface area contributed by atoms with Gasteiger partial charge in [-0.3, -0.25) is 9.59 Å². The molecule has 0 bridgehead atoms. The van der Waals surface area contributed by atoms with E-state index in [9.17, 15) is 9.59 Å². The van der Waals surface area contributed by atoms with Gasteiger partial charge in [0.1, 0.15) is 18.0 Å². The Labute approximate surface area is 206 Å². The molecular formula is C25H35ClN2O6. The van der Waals surface area contributed by atoms with Gasteiger partial charge < -0.3 is 28.7 Å². The van der Waals surface area contributed by atoms with Crippen LogP contribution in [0.5, 0.6) is 5.75 Å². The summed E-state index contributed by atoms with van der Waals surface area (Å²) in [5, 5.41) is 0.668. The molecule has 188 valence electrons. The van der Waals surface area contributed by atoms with E-state index in [-0.39, 0.29) is 30.9 Å². The van der Waals surface area contributed by atoms with E-state index in [1.54, 1.807) is 17.0 Å². The van der Waals surface area contributed by atoms with E-state index < -0.39 is 5.60 Å². The lowest BCUT2D eigenvalue weighted by Gasteiger charge is -2.43. The SMILES string of the molecule is Cc1cc(OCC2(CC(=O)N3CCOCC3)CN(C(=O)CCC3CCCO3)CCO2)ccc1Cl. The van der Waals surface area contributed by atoms with Crippen molar-refractivity contribution in [2.75, 3.05) is 59.2 Å². The Balaban J connectivity index is 1.44. The zero-order valence-electron chi connectivity index (χ0n) is 19.9. The van der Waals surface area contributed by atoms with Gasteiger partial charge in [0, 0.05) is 37.7 Å². The lowest BCUT2D eigenvalue weighted by molar-refractivity contribution is -0.167. The molecule has 2 unspecified atom stereocenters. The van der Waals surface area contributed by atoms with Gasteiger partial charge in [-0.25, -0.2) is 0 Å². The number of carbonyl (C=O) groups is 2. The molecule has 0 spiro atoms. The summed E-state index contributed by atoms with van der Waals surface area (Å²) in [7, 11) is 0. The Morgan fingerprint density at radius 1 is 1.12 bits per heavy atom. The second-order valence-corrected chi connectivity index (χ2v) is 9.80. The van der Waals surface area contributed by atoms with Crippen molar-refractivity contribution in [3.05, 3.63) is 28.8 Å². The highest BCUT2D eigenvalue weighted by molar-refractivity contribution is 6.31. The molecule has 3 fully saturated rings. The molecule has 3 heterocycles. The lowest BCUT2D eigenvalue weighted by Crippen LogP contribution is -2.58. The van der Waals surface area contributed by atoms with Crippen LogP contribution in [0.15, 0.2) is 18.2 Å². The van der Waals surface area contributed by atoms with Crippen LogP contribution in [0.3, 0.4) is 0 Å². The number of aryl methyl sites for hydroxylation is 1. The third-order valence-corrected chi connectivity index (χ3v) is 7.20. The van der Waals surface area contributed by atoms with Gasteiger partial charge in [0.2, 0.25) is 11.8 Å². The van der Waals surface area contributed by atoms with E-state index in [1.165, 1.54) is 0 Å². The van der Waals surface area contributed by atoms with E-state index in [1.807, 2.05) is 17.9 Å². The van der Waals surface area contributed by atoms with Gasteiger partial charge >= 0.3 is 0 Å². The molecule has 1 aromatic carbocycles. The Hall–Kier alpha value is -1.87. The Bertz CT molecular complexity index is 856. The molecule has 1 aromatic rings. The first-order valence-corrected chi connectivity index (χ1v) is 12.6. The van der Waals surface area contributed by atoms with Crippen LogP contribution >= 0.6 is 11.6 Å². The number of hydrogen-bond donors (Lipinski definition) is 0. The highest BCUT2D eigenvalue weighted by Crippen LogP contribution is 2.28. The molecule has 3 aliphatic rings. The monoisotopic (exact) mass is 494 g/mol. The van der Waals surface area contributed by atoms with Crippen molar-refractivity contribution in [1.29, 1.82) is 0 Å². The van der Waals surface area contributed by atoms with Crippen molar-refractivity contribution in [3.8, 4) is 5.75 Å². The van der Waals surface area contributed by atoms with E-state index in [0.29, 0.717) is 63.2 Å². The van der Waals surface area contributed by atoms with Gasteiger partial charge in [0.15, 0.2) is 0 Å². The number of nitrogens with zero attached hydrogens (tertiary/aromatic N) is 2. The number of amides is 2. The first-order chi connectivity index (χ1) is 16.4. The normalized spacial score (nSPS) is 25.4. The van der Waals surface area contributed by atoms with Gasteiger partial charge in [-0.1, -0.05) is 11.6 Å². The minimum atomic E-state index is -0.916. The number of hydrogen-bond acceptors (Lipinski definition) is 6. The van der Waals surface area contributed by atoms with Crippen molar-refractivity contribution in [1.82, 2.24) is 9.80 Å². The molecular weight excluding hydrogens is 460 g/mol. The summed E-state index contributed by atoms with van der Waals surface area (Å²) in [6.07, 6.45) is 3.57. The molecule has 8 nitrogen and oxygen atoms in total. The predicted octanol–water partition coefficient (Wildman–Crippen LogP) is 2.83. The lowest BCUT2D eigenvalue weighted by atomic mass is 9.96. The number of halogens is 1. The van der Waals surface area contributed by atoms with Crippen LogP contribution in [-0.4, -0.2) is 92.5 Å². The van der Waals surface area contributed by atoms with Crippen LogP contribution in [0, 0.1) is 6.92 Å². The van der Waals surface area contributed by atoms with Crippen molar-refractivity contribution in [2.24, 2.45) is 0 Å². The molecule has 9 heteroatoms. The third-order valence-electron chi connectivity index (χ3n) is 6.77. The second-order valence-electron chi connectivity index (χ2n) is 9.39. The number of morpholine rings is 2. The summed E-state index contributed by atoms with van der Waals surface area (Å²) in [6, 6.07) is 5.47. The molecule has 0 aromatic heterocycles. The number of rotatable bonds is 8. The molecule has 2 amide bonds. The zero-order chi connectivity index (χ0) is 24.0. The van der Waals surface area contributed by atoms with Crippen LogP contribution in [0.2, 0.25) is 5.02 Å². The molecule has 4 rings (SSSR count). The molecule has 0 N–H and O–H groups in total. The van der Waals surface area contributed by atoms with Crippen LogP contribution in [0.4, 0.5) is 0 Å². The first kappa shape index (κ1) is 25.2. The molecule has 0 radical (unpaired) electrons. The number of benzene rings is 1. The summed E-state index contributed by atoms with van der Waals surface area (Å²) in [5.41, 5.74) is -0.00569. The maximum absolute atomic E-state index is 13.2. The fraction of sp³-hybridized carbons (Fsp3) is 0.680. The molecule has 0 saturated carbocycles. The van der Waals surface area contributed by atoms with Gasteiger partial charge in [-0.05, 0) is 49.9 Å². The van der Waals surface area contributed by atoms with Crippen molar-refractivity contribution in [2.45, 2.75) is 50.7 Å². The fourth-order valence-electron chi connectivity index (χ4n) is 4.74. The average molecular weight is 495 g/mol. The largest absolute Gasteiger partial charge is 0.490 e. The van der Waals surface area contributed by atoms with Gasteiger partial charge in [-0.2, -0.15) is 0 Å². The van der Waals surface area contributed by atoms with Crippen LogP contribution in [-0.2, 0) is 23.8 Å². The van der Waals surface area contributed by atoms with E-state index in [4.69, 9.17) is 30.5 Å². The van der Waals surface area contributed by atoms with Crippen LogP contribution in [0.1, 0.15) is 37.7 Å². The van der Waals surface area contributed by atoms with E-state index in [0.717, 1.165) is 31.4 Å². The Morgan fingerprint density at radius 2 is 1.91 bits per heavy atom.